The average molecular weight is 421 g/mol. The normalized spacial score (nSPS) is 16.2. The lowest BCUT2D eigenvalue weighted by Gasteiger charge is -2.26. The van der Waals surface area contributed by atoms with Gasteiger partial charge in [-0.2, -0.15) is 0 Å². The Labute approximate surface area is 177 Å². The van der Waals surface area contributed by atoms with E-state index in [4.69, 9.17) is 9.15 Å². The van der Waals surface area contributed by atoms with Crippen molar-refractivity contribution in [2.75, 3.05) is 6.61 Å². The van der Waals surface area contributed by atoms with Gasteiger partial charge < -0.3 is 19.2 Å². The fourth-order valence-electron chi connectivity index (χ4n) is 3.41. The van der Waals surface area contributed by atoms with Gasteiger partial charge in [0.05, 0.1) is 29.3 Å². The second kappa shape index (κ2) is 8.42. The lowest BCUT2D eigenvalue weighted by molar-refractivity contribution is -0.130. The van der Waals surface area contributed by atoms with Gasteiger partial charge in [0.15, 0.2) is 5.76 Å². The van der Waals surface area contributed by atoms with Crippen LogP contribution in [0.15, 0.2) is 88.6 Å². The third-order valence-corrected chi connectivity index (χ3v) is 5.63. The van der Waals surface area contributed by atoms with E-state index >= 15 is 0 Å². The molecule has 1 N–H and O–H groups in total. The van der Waals surface area contributed by atoms with Gasteiger partial charge in [-0.1, -0.05) is 30.9 Å². The predicted octanol–water partition coefficient (Wildman–Crippen LogP) is 4.68. The van der Waals surface area contributed by atoms with Gasteiger partial charge in [-0.25, -0.2) is 0 Å². The Morgan fingerprint density at radius 3 is 2.67 bits per heavy atom. The molecule has 0 bridgehead atoms. The summed E-state index contributed by atoms with van der Waals surface area (Å²) in [5, 5.41) is 12.4. The van der Waals surface area contributed by atoms with E-state index in [0.29, 0.717) is 28.6 Å². The molecule has 7 heteroatoms. The number of thiophene rings is 1. The van der Waals surface area contributed by atoms with Crippen LogP contribution < -0.4 is 4.74 Å². The van der Waals surface area contributed by atoms with Crippen LogP contribution in [0, 0.1) is 0 Å². The summed E-state index contributed by atoms with van der Waals surface area (Å²) in [6, 6.07) is 13.2. The van der Waals surface area contributed by atoms with Crippen molar-refractivity contribution >= 4 is 23.0 Å². The van der Waals surface area contributed by atoms with Gasteiger partial charge in [0.1, 0.15) is 18.1 Å². The number of amides is 1. The first kappa shape index (κ1) is 19.7. The van der Waals surface area contributed by atoms with E-state index in [0.717, 1.165) is 0 Å². The van der Waals surface area contributed by atoms with Crippen LogP contribution in [0.4, 0.5) is 0 Å². The zero-order chi connectivity index (χ0) is 21.1. The largest absolute Gasteiger partial charge is 0.503 e. The summed E-state index contributed by atoms with van der Waals surface area (Å²) in [5.41, 5.74) is 0.749. The van der Waals surface area contributed by atoms with Crippen LogP contribution in [-0.2, 0) is 11.3 Å². The highest BCUT2D eigenvalue weighted by molar-refractivity contribution is 7.12. The van der Waals surface area contributed by atoms with E-state index in [9.17, 15) is 14.7 Å². The molecule has 2 aromatic heterocycles. The number of carbonyl (C=O) groups excluding carboxylic acids is 2. The maximum Gasteiger partial charge on any atom is 0.290 e. The van der Waals surface area contributed by atoms with E-state index in [1.54, 1.807) is 60.0 Å². The molecule has 0 aliphatic carbocycles. The Morgan fingerprint density at radius 1 is 1.23 bits per heavy atom. The average Bonchev–Trinajstić information content (AvgIpc) is 3.51. The summed E-state index contributed by atoms with van der Waals surface area (Å²) in [4.78, 5) is 28.0. The Morgan fingerprint density at radius 2 is 2.03 bits per heavy atom. The van der Waals surface area contributed by atoms with Gasteiger partial charge >= 0.3 is 0 Å². The van der Waals surface area contributed by atoms with Crippen LogP contribution in [0.25, 0.3) is 0 Å². The van der Waals surface area contributed by atoms with Crippen molar-refractivity contribution in [2.45, 2.75) is 12.6 Å². The third-order valence-electron chi connectivity index (χ3n) is 4.76. The summed E-state index contributed by atoms with van der Waals surface area (Å²) in [6.45, 7) is 4.11. The van der Waals surface area contributed by atoms with E-state index < -0.39 is 17.7 Å². The molecule has 0 saturated carbocycles. The third kappa shape index (κ3) is 3.67. The Kier molecular flexibility index (Phi) is 5.54. The summed E-state index contributed by atoms with van der Waals surface area (Å²) in [6.07, 6.45) is 3.16. The number of benzene rings is 1. The molecule has 1 aliphatic heterocycles. The number of ether oxygens (including phenoxy) is 1. The standard InChI is InChI=1S/C23H19NO5S/c1-2-11-28-16-9-7-15(8-10-16)20-19(21(25)18-6-4-13-30-18)22(26)23(27)24(20)14-17-5-3-12-29-17/h2-10,12-13,20,26H,1,11,14H2. The number of hydrogen-bond donors (Lipinski definition) is 1. The van der Waals surface area contributed by atoms with Crippen LogP contribution >= 0.6 is 11.3 Å². The fourth-order valence-corrected chi connectivity index (χ4v) is 4.09. The number of aliphatic hydroxyl groups excluding tert-OH is 1. The molecule has 1 amide bonds. The molecular formula is C23H19NO5S. The first-order chi connectivity index (χ1) is 14.6. The summed E-state index contributed by atoms with van der Waals surface area (Å²) >= 11 is 1.26. The monoisotopic (exact) mass is 421 g/mol. The highest BCUT2D eigenvalue weighted by Gasteiger charge is 2.44. The Bertz CT molecular complexity index is 1080. The lowest BCUT2D eigenvalue weighted by atomic mass is 9.95. The fraction of sp³-hybridized carbons (Fsp3) is 0.130. The van der Waals surface area contributed by atoms with Crippen LogP contribution in [0.5, 0.6) is 5.75 Å². The number of furan rings is 1. The number of carbonyl (C=O) groups is 2. The maximum atomic E-state index is 13.2. The molecular weight excluding hydrogens is 402 g/mol. The molecule has 4 rings (SSSR count). The van der Waals surface area contributed by atoms with E-state index in [1.807, 2.05) is 0 Å². The second-order valence-electron chi connectivity index (χ2n) is 6.65. The number of aliphatic hydroxyl groups is 1. The first-order valence-corrected chi connectivity index (χ1v) is 10.2. The molecule has 1 aliphatic rings. The summed E-state index contributed by atoms with van der Waals surface area (Å²) < 4.78 is 10.9. The predicted molar refractivity (Wildman–Crippen MR) is 112 cm³/mol. The minimum atomic E-state index is -0.745. The first-order valence-electron chi connectivity index (χ1n) is 9.28. The quantitative estimate of drug-likeness (QED) is 0.422. The molecule has 152 valence electrons. The molecule has 3 heterocycles. The van der Waals surface area contributed by atoms with Gasteiger partial charge in [0.25, 0.3) is 5.91 Å². The van der Waals surface area contributed by atoms with Crippen molar-refractivity contribution in [1.29, 1.82) is 0 Å². The van der Waals surface area contributed by atoms with Crippen molar-refractivity contribution in [1.82, 2.24) is 4.90 Å². The van der Waals surface area contributed by atoms with Crippen LogP contribution in [0.1, 0.15) is 27.0 Å². The van der Waals surface area contributed by atoms with Crippen molar-refractivity contribution in [3.05, 3.63) is 100 Å². The lowest BCUT2D eigenvalue weighted by Crippen LogP contribution is -2.30. The molecule has 3 aromatic rings. The molecule has 1 aromatic carbocycles. The molecule has 6 nitrogen and oxygen atoms in total. The zero-order valence-corrected chi connectivity index (χ0v) is 16.8. The van der Waals surface area contributed by atoms with Crippen molar-refractivity contribution in [3.63, 3.8) is 0 Å². The number of hydrogen-bond acceptors (Lipinski definition) is 6. The highest BCUT2D eigenvalue weighted by Crippen LogP contribution is 2.40. The molecule has 30 heavy (non-hydrogen) atoms. The Hall–Kier alpha value is -3.58. The van der Waals surface area contributed by atoms with E-state index in [-0.39, 0.29) is 17.9 Å². The SMILES string of the molecule is C=CCOc1ccc(C2C(C(=O)c3cccs3)=C(O)C(=O)N2Cc2ccco2)cc1. The number of Topliss-reactive ketones (excluding diaryl/α,β-unsaturated/α-hetero) is 1. The molecule has 0 fully saturated rings. The van der Waals surface area contributed by atoms with Crippen LogP contribution in [0.3, 0.4) is 0 Å². The van der Waals surface area contributed by atoms with Gasteiger partial charge in [-0.3, -0.25) is 9.59 Å². The van der Waals surface area contributed by atoms with Gasteiger partial charge in [0.2, 0.25) is 5.78 Å². The minimum absolute atomic E-state index is 0.0637. The highest BCUT2D eigenvalue weighted by atomic mass is 32.1. The van der Waals surface area contributed by atoms with Gasteiger partial charge in [-0.15, -0.1) is 11.3 Å². The zero-order valence-electron chi connectivity index (χ0n) is 16.0. The van der Waals surface area contributed by atoms with Gasteiger partial charge in [0, 0.05) is 0 Å². The van der Waals surface area contributed by atoms with Crippen molar-refractivity contribution in [3.8, 4) is 5.75 Å². The summed E-state index contributed by atoms with van der Waals surface area (Å²) in [5.74, 6) is -0.313. The Balaban J connectivity index is 1.74. The van der Waals surface area contributed by atoms with Crippen LogP contribution in [-0.4, -0.2) is 28.3 Å². The van der Waals surface area contributed by atoms with E-state index in [1.165, 1.54) is 22.5 Å². The topological polar surface area (TPSA) is 80.0 Å². The van der Waals surface area contributed by atoms with Crippen LogP contribution in [0.2, 0.25) is 0 Å². The second-order valence-corrected chi connectivity index (χ2v) is 7.60. The van der Waals surface area contributed by atoms with Crippen molar-refractivity contribution < 1.29 is 23.8 Å². The van der Waals surface area contributed by atoms with Crippen molar-refractivity contribution in [2.24, 2.45) is 0 Å². The van der Waals surface area contributed by atoms with Gasteiger partial charge in [-0.05, 0) is 41.3 Å². The number of ketones is 1. The number of rotatable bonds is 8. The smallest absolute Gasteiger partial charge is 0.290 e. The number of nitrogens with zero attached hydrogens (tertiary/aromatic N) is 1. The van der Waals surface area contributed by atoms with E-state index in [2.05, 4.69) is 6.58 Å². The molecule has 0 saturated heterocycles. The molecule has 0 radical (unpaired) electrons. The molecule has 1 unspecified atom stereocenters. The molecule has 0 spiro atoms. The minimum Gasteiger partial charge on any atom is -0.503 e. The summed E-state index contributed by atoms with van der Waals surface area (Å²) in [7, 11) is 0. The maximum absolute atomic E-state index is 13.2. The molecule has 1 atom stereocenters.